The van der Waals surface area contributed by atoms with Crippen molar-refractivity contribution in [3.8, 4) is 0 Å². The van der Waals surface area contributed by atoms with E-state index >= 15 is 0 Å². The van der Waals surface area contributed by atoms with Gasteiger partial charge < -0.3 is 14.2 Å². The van der Waals surface area contributed by atoms with E-state index in [1.54, 1.807) is 41.2 Å². The number of amides is 2. The summed E-state index contributed by atoms with van der Waals surface area (Å²) in [5.74, 6) is -0.0364. The Morgan fingerprint density at radius 1 is 1.14 bits per heavy atom. The Labute approximate surface area is 169 Å². The fourth-order valence-corrected chi connectivity index (χ4v) is 4.40. The monoisotopic (exact) mass is 398 g/mol. The van der Waals surface area contributed by atoms with Crippen molar-refractivity contribution in [3.63, 3.8) is 0 Å². The molecule has 8 nitrogen and oxygen atoms in total. The third kappa shape index (κ3) is 3.97. The van der Waals surface area contributed by atoms with Gasteiger partial charge in [0.25, 0.3) is 5.91 Å². The van der Waals surface area contributed by atoms with E-state index in [9.17, 15) is 14.4 Å². The molecule has 4 heterocycles. The summed E-state index contributed by atoms with van der Waals surface area (Å²) in [6.07, 6.45) is 9.12. The highest BCUT2D eigenvalue weighted by molar-refractivity contribution is 5.97. The maximum absolute atomic E-state index is 13.4. The van der Waals surface area contributed by atoms with Gasteiger partial charge in [0, 0.05) is 38.8 Å². The van der Waals surface area contributed by atoms with Crippen LogP contribution < -0.4 is 0 Å². The summed E-state index contributed by atoms with van der Waals surface area (Å²) >= 11 is 0. The molecule has 2 saturated heterocycles. The molecule has 0 radical (unpaired) electrons. The van der Waals surface area contributed by atoms with E-state index in [0.717, 1.165) is 25.7 Å². The highest BCUT2D eigenvalue weighted by atomic mass is 16.3. The number of carbonyl (C=O) groups is 3. The van der Waals surface area contributed by atoms with Gasteiger partial charge in [0.15, 0.2) is 11.5 Å². The Morgan fingerprint density at radius 3 is 2.69 bits per heavy atom. The highest BCUT2D eigenvalue weighted by Gasteiger charge is 2.40. The smallest absolute Gasteiger partial charge is 0.290 e. The van der Waals surface area contributed by atoms with Crippen molar-refractivity contribution >= 4 is 17.6 Å². The van der Waals surface area contributed by atoms with E-state index in [-0.39, 0.29) is 35.8 Å². The lowest BCUT2D eigenvalue weighted by Gasteiger charge is -2.37. The molecule has 2 aromatic rings. The number of nitrogens with zero attached hydrogens (tertiary/aromatic N) is 4. The molecule has 0 N–H and O–H groups in total. The van der Waals surface area contributed by atoms with Gasteiger partial charge in [-0.25, -0.2) is 0 Å². The number of hydrogen-bond acceptors (Lipinski definition) is 5. The van der Waals surface area contributed by atoms with Gasteiger partial charge in [0.05, 0.1) is 18.0 Å². The van der Waals surface area contributed by atoms with Crippen LogP contribution in [0.3, 0.4) is 0 Å². The maximum Gasteiger partial charge on any atom is 0.290 e. The molecule has 0 aliphatic carbocycles. The first kappa shape index (κ1) is 19.4. The number of aryl methyl sites for hydroxylation is 1. The van der Waals surface area contributed by atoms with Gasteiger partial charge in [-0.1, -0.05) is 0 Å². The molecule has 0 aromatic carbocycles. The molecular formula is C21H26N4O4. The number of ketones is 1. The van der Waals surface area contributed by atoms with Gasteiger partial charge in [0.2, 0.25) is 5.91 Å². The van der Waals surface area contributed by atoms with Gasteiger partial charge in [0.1, 0.15) is 6.04 Å². The number of rotatable bonds is 5. The van der Waals surface area contributed by atoms with Crippen molar-refractivity contribution in [2.24, 2.45) is 7.05 Å². The lowest BCUT2D eigenvalue weighted by molar-refractivity contribution is -0.138. The van der Waals surface area contributed by atoms with Crippen LogP contribution in [0.5, 0.6) is 0 Å². The zero-order chi connectivity index (χ0) is 20.4. The molecule has 2 aliphatic rings. The van der Waals surface area contributed by atoms with Crippen LogP contribution in [-0.2, 0) is 11.8 Å². The fraction of sp³-hybridized carbons (Fsp3) is 0.524. The summed E-state index contributed by atoms with van der Waals surface area (Å²) in [4.78, 5) is 42.3. The lowest BCUT2D eigenvalue weighted by Crippen LogP contribution is -2.54. The molecule has 29 heavy (non-hydrogen) atoms. The number of aromatic nitrogens is 2. The minimum atomic E-state index is -0.490. The van der Waals surface area contributed by atoms with Crippen molar-refractivity contribution in [2.75, 3.05) is 13.1 Å². The molecule has 2 aromatic heterocycles. The van der Waals surface area contributed by atoms with Crippen LogP contribution in [0, 0.1) is 0 Å². The van der Waals surface area contributed by atoms with E-state index < -0.39 is 6.04 Å². The molecule has 2 amide bonds. The van der Waals surface area contributed by atoms with Crippen LogP contribution >= 0.6 is 0 Å². The summed E-state index contributed by atoms with van der Waals surface area (Å²) < 4.78 is 6.86. The Kier molecular flexibility index (Phi) is 5.51. The van der Waals surface area contributed by atoms with E-state index in [4.69, 9.17) is 4.42 Å². The van der Waals surface area contributed by atoms with Gasteiger partial charge in [-0.3, -0.25) is 19.1 Å². The minimum Gasteiger partial charge on any atom is -0.459 e. The van der Waals surface area contributed by atoms with Crippen molar-refractivity contribution in [1.82, 2.24) is 19.6 Å². The van der Waals surface area contributed by atoms with Crippen molar-refractivity contribution in [3.05, 3.63) is 42.1 Å². The Hall–Kier alpha value is -2.90. The van der Waals surface area contributed by atoms with Gasteiger partial charge in [-0.15, -0.1) is 0 Å². The van der Waals surface area contributed by atoms with Crippen LogP contribution in [0.4, 0.5) is 0 Å². The minimum absolute atomic E-state index is 0.00466. The number of piperidine rings is 1. The average Bonchev–Trinajstić information content (AvgIpc) is 3.49. The van der Waals surface area contributed by atoms with Crippen LogP contribution in [0.1, 0.15) is 59.4 Å². The number of furan rings is 1. The van der Waals surface area contributed by atoms with Crippen molar-refractivity contribution in [2.45, 2.75) is 50.6 Å². The van der Waals surface area contributed by atoms with E-state index in [1.165, 1.54) is 6.26 Å². The molecule has 0 bridgehead atoms. The summed E-state index contributed by atoms with van der Waals surface area (Å²) in [5.41, 5.74) is 0.569. The van der Waals surface area contributed by atoms with E-state index in [0.29, 0.717) is 25.1 Å². The van der Waals surface area contributed by atoms with Crippen molar-refractivity contribution in [1.29, 1.82) is 0 Å². The molecule has 2 aliphatic heterocycles. The first-order chi connectivity index (χ1) is 14.0. The number of hydrogen-bond donors (Lipinski definition) is 0. The number of Topliss-reactive ketones (excluding diaryl/α,β-unsaturated/α-hetero) is 1. The predicted molar refractivity (Wildman–Crippen MR) is 104 cm³/mol. The standard InChI is InChI=1S/C21H26N4O4/c1-23-14-15(13-22-23)18(26)12-16-6-4-10-24(16)20(27)17-7-2-3-9-25(17)21(28)19-8-5-11-29-19/h5,8,11,13-14,16-17H,2-4,6-7,9-10,12H2,1H3/t16-,17-/m0/s1. The molecule has 4 rings (SSSR count). The molecule has 154 valence electrons. The molecule has 0 unspecified atom stereocenters. The molecule has 8 heteroatoms. The zero-order valence-corrected chi connectivity index (χ0v) is 16.6. The SMILES string of the molecule is Cn1cc(C(=O)C[C@@H]2CCCN2C(=O)[C@@H]2CCCCN2C(=O)c2ccco2)cn1. The van der Waals surface area contributed by atoms with E-state index in [2.05, 4.69) is 5.10 Å². The quantitative estimate of drug-likeness (QED) is 0.721. The summed E-state index contributed by atoms with van der Waals surface area (Å²) in [5, 5.41) is 4.06. The van der Waals surface area contributed by atoms with E-state index in [1.807, 2.05) is 4.90 Å². The Morgan fingerprint density at radius 2 is 1.97 bits per heavy atom. The van der Waals surface area contributed by atoms with Crippen molar-refractivity contribution < 1.29 is 18.8 Å². The number of likely N-dealkylation sites (tertiary alicyclic amines) is 2. The number of carbonyl (C=O) groups excluding carboxylic acids is 3. The molecule has 2 fully saturated rings. The van der Waals surface area contributed by atoms with Crippen LogP contribution in [-0.4, -0.2) is 62.4 Å². The Balaban J connectivity index is 1.47. The third-order valence-electron chi connectivity index (χ3n) is 5.89. The first-order valence-corrected chi connectivity index (χ1v) is 10.2. The summed E-state index contributed by atoms with van der Waals surface area (Å²) in [7, 11) is 1.77. The average molecular weight is 398 g/mol. The second-order valence-corrected chi connectivity index (χ2v) is 7.85. The fourth-order valence-electron chi connectivity index (χ4n) is 4.40. The third-order valence-corrected chi connectivity index (χ3v) is 5.89. The largest absolute Gasteiger partial charge is 0.459 e. The topological polar surface area (TPSA) is 88.7 Å². The normalized spacial score (nSPS) is 22.1. The first-order valence-electron chi connectivity index (χ1n) is 10.2. The van der Waals surface area contributed by atoms with Gasteiger partial charge in [-0.2, -0.15) is 5.10 Å². The second-order valence-electron chi connectivity index (χ2n) is 7.85. The van der Waals surface area contributed by atoms with Gasteiger partial charge >= 0.3 is 0 Å². The maximum atomic E-state index is 13.4. The van der Waals surface area contributed by atoms with Crippen LogP contribution in [0.2, 0.25) is 0 Å². The second kappa shape index (κ2) is 8.23. The highest BCUT2D eigenvalue weighted by Crippen LogP contribution is 2.27. The molecule has 0 spiro atoms. The van der Waals surface area contributed by atoms with Gasteiger partial charge in [-0.05, 0) is 44.2 Å². The lowest BCUT2D eigenvalue weighted by atomic mass is 9.99. The van der Waals surface area contributed by atoms with Crippen LogP contribution in [0.25, 0.3) is 0 Å². The van der Waals surface area contributed by atoms with Crippen LogP contribution in [0.15, 0.2) is 35.2 Å². The molecule has 2 atom stereocenters. The molecular weight excluding hydrogens is 372 g/mol. The summed E-state index contributed by atoms with van der Waals surface area (Å²) in [6.45, 7) is 1.17. The zero-order valence-electron chi connectivity index (χ0n) is 16.6. The Bertz CT molecular complexity index is 888. The summed E-state index contributed by atoms with van der Waals surface area (Å²) in [6, 6.07) is 2.69. The molecule has 0 saturated carbocycles. The predicted octanol–water partition coefficient (Wildman–Crippen LogP) is 2.27.